The molecule has 0 unspecified atom stereocenters. The van der Waals surface area contributed by atoms with Gasteiger partial charge in [-0.05, 0) is 29.9 Å². The Labute approximate surface area is 121 Å². The molecule has 0 bridgehead atoms. The fourth-order valence-corrected chi connectivity index (χ4v) is 2.32. The normalized spacial score (nSPS) is 10.8. The van der Waals surface area contributed by atoms with Crippen LogP contribution < -0.4 is 0 Å². The highest BCUT2D eigenvalue weighted by molar-refractivity contribution is 5.97. The van der Waals surface area contributed by atoms with Crippen molar-refractivity contribution in [3.05, 3.63) is 71.3 Å². The molecule has 0 saturated carbocycles. The molecule has 0 fully saturated rings. The van der Waals surface area contributed by atoms with E-state index in [1.807, 2.05) is 36.4 Å². The number of Topliss-reactive ketones (excluding diaryl/α,β-unsaturated/α-hetero) is 1. The molecule has 0 atom stereocenters. The van der Waals surface area contributed by atoms with Crippen molar-refractivity contribution in [1.29, 1.82) is 0 Å². The van der Waals surface area contributed by atoms with Crippen molar-refractivity contribution in [2.24, 2.45) is 5.92 Å². The van der Waals surface area contributed by atoms with Crippen LogP contribution in [-0.2, 0) is 12.8 Å². The highest BCUT2D eigenvalue weighted by Gasteiger charge is 2.10. The molecule has 0 N–H and O–H groups in total. The maximum atomic E-state index is 12.3. The van der Waals surface area contributed by atoms with Crippen LogP contribution in [0.1, 0.15) is 41.8 Å². The Morgan fingerprint density at radius 2 is 1.50 bits per heavy atom. The molecular weight excluding hydrogens is 244 g/mol. The minimum absolute atomic E-state index is 0.197. The van der Waals surface area contributed by atoms with Crippen LogP contribution >= 0.6 is 0 Å². The molecule has 0 spiro atoms. The van der Waals surface area contributed by atoms with Crippen molar-refractivity contribution in [2.45, 2.75) is 33.1 Å². The first-order chi connectivity index (χ1) is 9.66. The van der Waals surface area contributed by atoms with Gasteiger partial charge in [-0.3, -0.25) is 4.79 Å². The summed E-state index contributed by atoms with van der Waals surface area (Å²) >= 11 is 0. The highest BCUT2D eigenvalue weighted by Crippen LogP contribution is 2.16. The summed E-state index contributed by atoms with van der Waals surface area (Å²) in [6, 6.07) is 17.9. The van der Waals surface area contributed by atoms with Crippen molar-refractivity contribution >= 4 is 5.78 Å². The zero-order valence-electron chi connectivity index (χ0n) is 12.3. The van der Waals surface area contributed by atoms with E-state index in [2.05, 4.69) is 32.0 Å². The highest BCUT2D eigenvalue weighted by atomic mass is 16.1. The van der Waals surface area contributed by atoms with Crippen molar-refractivity contribution in [3.8, 4) is 0 Å². The van der Waals surface area contributed by atoms with E-state index < -0.39 is 0 Å². The molecule has 20 heavy (non-hydrogen) atoms. The second kappa shape index (κ2) is 7.04. The van der Waals surface area contributed by atoms with Crippen LogP contribution in [0.4, 0.5) is 0 Å². The zero-order chi connectivity index (χ0) is 14.4. The second-order valence-electron chi connectivity index (χ2n) is 5.67. The van der Waals surface area contributed by atoms with Gasteiger partial charge in [-0.15, -0.1) is 0 Å². The first kappa shape index (κ1) is 14.5. The van der Waals surface area contributed by atoms with Gasteiger partial charge in [0, 0.05) is 12.0 Å². The van der Waals surface area contributed by atoms with Crippen LogP contribution in [0.5, 0.6) is 0 Å². The molecular formula is C19H22O. The van der Waals surface area contributed by atoms with Crippen molar-refractivity contribution < 1.29 is 4.79 Å². The summed E-state index contributed by atoms with van der Waals surface area (Å²) < 4.78 is 0. The van der Waals surface area contributed by atoms with E-state index in [1.165, 1.54) is 11.1 Å². The van der Waals surface area contributed by atoms with Crippen molar-refractivity contribution in [3.63, 3.8) is 0 Å². The number of hydrogen-bond donors (Lipinski definition) is 0. The summed E-state index contributed by atoms with van der Waals surface area (Å²) in [5, 5.41) is 0. The fourth-order valence-electron chi connectivity index (χ4n) is 2.32. The average Bonchev–Trinajstić information content (AvgIpc) is 2.47. The molecule has 0 aliphatic carbocycles. The topological polar surface area (TPSA) is 17.1 Å². The zero-order valence-corrected chi connectivity index (χ0v) is 12.3. The molecule has 1 heteroatoms. The summed E-state index contributed by atoms with van der Waals surface area (Å²) in [4.78, 5) is 12.3. The number of carbonyl (C=O) groups excluding carboxylic acids is 1. The lowest BCUT2D eigenvalue weighted by molar-refractivity contribution is 0.0992. The van der Waals surface area contributed by atoms with Gasteiger partial charge in [-0.1, -0.05) is 68.4 Å². The van der Waals surface area contributed by atoms with Crippen LogP contribution in [0.15, 0.2) is 54.6 Å². The van der Waals surface area contributed by atoms with E-state index in [9.17, 15) is 4.79 Å². The lowest BCUT2D eigenvalue weighted by atomic mass is 9.94. The number of rotatable bonds is 6. The molecule has 2 aromatic carbocycles. The number of benzene rings is 2. The molecule has 104 valence electrons. The maximum Gasteiger partial charge on any atom is 0.167 e. The van der Waals surface area contributed by atoms with E-state index >= 15 is 0 Å². The van der Waals surface area contributed by atoms with E-state index in [0.29, 0.717) is 12.3 Å². The quantitative estimate of drug-likeness (QED) is 0.693. The van der Waals surface area contributed by atoms with Crippen LogP contribution in [0.25, 0.3) is 0 Å². The minimum Gasteiger partial charge on any atom is -0.294 e. The second-order valence-corrected chi connectivity index (χ2v) is 5.67. The molecule has 2 rings (SSSR count). The fraction of sp³-hybridized carbons (Fsp3) is 0.316. The van der Waals surface area contributed by atoms with Gasteiger partial charge in [0.2, 0.25) is 0 Å². The van der Waals surface area contributed by atoms with Crippen LogP contribution in [0.2, 0.25) is 0 Å². The molecule has 0 heterocycles. The van der Waals surface area contributed by atoms with Gasteiger partial charge in [0.25, 0.3) is 0 Å². The molecule has 2 aromatic rings. The van der Waals surface area contributed by atoms with Gasteiger partial charge in [0.05, 0.1) is 0 Å². The van der Waals surface area contributed by atoms with Crippen LogP contribution in [0, 0.1) is 5.92 Å². The Morgan fingerprint density at radius 1 is 0.900 bits per heavy atom. The Balaban J connectivity index is 2.11. The molecule has 0 radical (unpaired) electrons. The maximum absolute atomic E-state index is 12.3. The number of aryl methyl sites for hydroxylation is 1. The van der Waals surface area contributed by atoms with Gasteiger partial charge in [0.1, 0.15) is 0 Å². The van der Waals surface area contributed by atoms with Crippen LogP contribution in [-0.4, -0.2) is 5.78 Å². The smallest absolute Gasteiger partial charge is 0.167 e. The Kier molecular flexibility index (Phi) is 5.11. The Morgan fingerprint density at radius 3 is 2.15 bits per heavy atom. The largest absolute Gasteiger partial charge is 0.294 e. The lowest BCUT2D eigenvalue weighted by Crippen LogP contribution is -2.06. The summed E-state index contributed by atoms with van der Waals surface area (Å²) in [5.41, 5.74) is 3.28. The van der Waals surface area contributed by atoms with Gasteiger partial charge < -0.3 is 0 Å². The molecule has 0 aliphatic heterocycles. The third kappa shape index (κ3) is 4.06. The Bertz CT molecular complexity index is 555. The van der Waals surface area contributed by atoms with Gasteiger partial charge in [-0.25, -0.2) is 0 Å². The van der Waals surface area contributed by atoms with Gasteiger partial charge >= 0.3 is 0 Å². The van der Waals surface area contributed by atoms with Crippen molar-refractivity contribution in [2.75, 3.05) is 0 Å². The van der Waals surface area contributed by atoms with Gasteiger partial charge in [-0.2, -0.15) is 0 Å². The first-order valence-electron chi connectivity index (χ1n) is 7.32. The van der Waals surface area contributed by atoms with E-state index in [0.717, 1.165) is 18.4 Å². The summed E-state index contributed by atoms with van der Waals surface area (Å²) in [7, 11) is 0. The number of carbonyl (C=O) groups is 1. The lowest BCUT2D eigenvalue weighted by Gasteiger charge is -2.10. The third-order valence-electron chi connectivity index (χ3n) is 3.56. The predicted octanol–water partition coefficient (Wildman–Crippen LogP) is 4.70. The molecule has 0 aromatic heterocycles. The first-order valence-corrected chi connectivity index (χ1v) is 7.32. The number of ketones is 1. The van der Waals surface area contributed by atoms with E-state index in [4.69, 9.17) is 0 Å². The predicted molar refractivity (Wildman–Crippen MR) is 84.1 cm³/mol. The molecule has 0 amide bonds. The Hall–Kier alpha value is -1.89. The number of hydrogen-bond acceptors (Lipinski definition) is 1. The monoisotopic (exact) mass is 266 g/mol. The SMILES string of the molecule is CC(C)CCc1ccccc1CC(=O)c1ccccc1. The standard InChI is InChI=1S/C19H22O/c1-15(2)12-13-16-8-6-7-11-18(16)14-19(20)17-9-4-3-5-10-17/h3-11,15H,12-14H2,1-2H3. The van der Waals surface area contributed by atoms with Crippen LogP contribution in [0.3, 0.4) is 0 Å². The third-order valence-corrected chi connectivity index (χ3v) is 3.56. The van der Waals surface area contributed by atoms with E-state index in [1.54, 1.807) is 0 Å². The summed E-state index contributed by atoms with van der Waals surface area (Å²) in [5.74, 6) is 0.885. The summed E-state index contributed by atoms with van der Waals surface area (Å²) in [6.07, 6.45) is 2.71. The molecule has 0 saturated heterocycles. The summed E-state index contributed by atoms with van der Waals surface area (Å²) in [6.45, 7) is 4.47. The molecule has 1 nitrogen and oxygen atoms in total. The van der Waals surface area contributed by atoms with Gasteiger partial charge in [0.15, 0.2) is 5.78 Å². The van der Waals surface area contributed by atoms with Crippen molar-refractivity contribution in [1.82, 2.24) is 0 Å². The molecule has 0 aliphatic rings. The average molecular weight is 266 g/mol. The van der Waals surface area contributed by atoms with E-state index in [-0.39, 0.29) is 5.78 Å². The minimum atomic E-state index is 0.197.